The van der Waals surface area contributed by atoms with Gasteiger partial charge in [0, 0.05) is 11.8 Å². The van der Waals surface area contributed by atoms with Gasteiger partial charge >= 0.3 is 6.18 Å². The van der Waals surface area contributed by atoms with Gasteiger partial charge in [0.15, 0.2) is 16.0 Å². The van der Waals surface area contributed by atoms with Crippen LogP contribution in [0.15, 0.2) is 4.73 Å². The Labute approximate surface area is 134 Å². The molecule has 0 radical (unpaired) electrons. The van der Waals surface area contributed by atoms with Crippen molar-refractivity contribution in [1.29, 1.82) is 10.5 Å². The average molecular weight is 378 g/mol. The zero-order valence-corrected chi connectivity index (χ0v) is 14.0. The summed E-state index contributed by atoms with van der Waals surface area (Å²) in [6.45, 7) is 5.36. The number of alkyl halides is 3. The highest BCUT2D eigenvalue weighted by Crippen LogP contribution is 2.32. The van der Waals surface area contributed by atoms with E-state index in [0.717, 1.165) is 0 Å². The van der Waals surface area contributed by atoms with Crippen LogP contribution in [0.4, 0.5) is 13.2 Å². The van der Waals surface area contributed by atoms with Gasteiger partial charge in [0.2, 0.25) is 0 Å². The Bertz CT molecular complexity index is 602. The second-order valence-electron chi connectivity index (χ2n) is 6.03. The average Bonchev–Trinajstić information content (AvgIpc) is 2.75. The van der Waals surface area contributed by atoms with Gasteiger partial charge in [-0.05, 0) is 22.4 Å². The van der Waals surface area contributed by atoms with E-state index >= 15 is 0 Å². The van der Waals surface area contributed by atoms with E-state index in [9.17, 15) is 23.7 Å². The Morgan fingerprint density at radius 2 is 1.68 bits per heavy atom. The Balaban J connectivity index is 3.05. The van der Waals surface area contributed by atoms with Gasteiger partial charge in [0.05, 0.1) is 18.7 Å². The van der Waals surface area contributed by atoms with Gasteiger partial charge in [-0.3, -0.25) is 0 Å². The van der Waals surface area contributed by atoms with Crippen molar-refractivity contribution in [3.8, 4) is 12.1 Å². The minimum atomic E-state index is -4.42. The molecule has 0 fully saturated rings. The van der Waals surface area contributed by atoms with Crippen molar-refractivity contribution in [1.82, 2.24) is 14.8 Å². The topological polar surface area (TPSA) is 78.3 Å². The molecular weight excluding hydrogens is 363 g/mol. The number of hydrogen-bond donors (Lipinski definition) is 0. The minimum absolute atomic E-state index is 0.277. The number of halogens is 4. The molecule has 0 amide bonds. The third-order valence-electron chi connectivity index (χ3n) is 2.98. The molecule has 0 N–H and O–H groups in total. The van der Waals surface area contributed by atoms with Crippen molar-refractivity contribution in [3.63, 3.8) is 0 Å². The summed E-state index contributed by atoms with van der Waals surface area (Å²) in [6, 6.07) is 3.38. The lowest BCUT2D eigenvalue weighted by Gasteiger charge is -2.19. The van der Waals surface area contributed by atoms with E-state index in [1.165, 1.54) is 4.68 Å². The van der Waals surface area contributed by atoms with E-state index in [1.807, 2.05) is 20.8 Å². The Hall–Kier alpha value is -1.61. The fraction of sp³-hybridized carbons (Fsp3) is 0.692. The van der Waals surface area contributed by atoms with Crippen LogP contribution in [0.25, 0.3) is 0 Å². The molecule has 0 aromatic carbocycles. The predicted octanol–water partition coefficient (Wildman–Crippen LogP) is 3.71. The molecule has 0 atom stereocenters. The monoisotopic (exact) mass is 377 g/mol. The van der Waals surface area contributed by atoms with Crippen molar-refractivity contribution in [2.45, 2.75) is 51.7 Å². The summed E-state index contributed by atoms with van der Waals surface area (Å²) in [5.74, 6) is 0.472. The summed E-state index contributed by atoms with van der Waals surface area (Å²) in [7, 11) is 0. The first-order valence-corrected chi connectivity index (χ1v) is 7.22. The van der Waals surface area contributed by atoms with Crippen LogP contribution in [0, 0.1) is 28.1 Å². The molecule has 9 heteroatoms. The quantitative estimate of drug-likeness (QED) is 0.800. The molecule has 0 unspecified atom stereocenters. The molecule has 0 aliphatic heterocycles. The highest BCUT2D eigenvalue weighted by atomic mass is 79.9. The normalized spacial score (nSPS) is 12.8. The molecule has 1 aromatic rings. The molecule has 1 heterocycles. The van der Waals surface area contributed by atoms with Crippen LogP contribution in [-0.2, 0) is 12.0 Å². The third kappa shape index (κ3) is 4.70. The Morgan fingerprint density at radius 1 is 1.14 bits per heavy atom. The number of nitrogens with zero attached hydrogens (tertiary/aromatic N) is 5. The van der Waals surface area contributed by atoms with E-state index in [-0.39, 0.29) is 16.7 Å². The first-order chi connectivity index (χ1) is 9.92. The summed E-state index contributed by atoms with van der Waals surface area (Å²) >= 11 is 3.16. The summed E-state index contributed by atoms with van der Waals surface area (Å²) in [6.07, 6.45) is -6.23. The van der Waals surface area contributed by atoms with Crippen molar-refractivity contribution < 1.29 is 13.2 Å². The van der Waals surface area contributed by atoms with E-state index in [1.54, 1.807) is 12.1 Å². The van der Waals surface area contributed by atoms with Crippen molar-refractivity contribution >= 4 is 15.9 Å². The molecule has 0 aliphatic rings. The Kier molecular flexibility index (Phi) is 5.24. The lowest BCUT2D eigenvalue weighted by atomic mass is 9.86. The van der Waals surface area contributed by atoms with E-state index < -0.39 is 24.4 Å². The van der Waals surface area contributed by atoms with Crippen LogP contribution < -0.4 is 0 Å². The van der Waals surface area contributed by atoms with Crippen molar-refractivity contribution in [3.05, 3.63) is 10.6 Å². The van der Waals surface area contributed by atoms with Crippen molar-refractivity contribution in [2.75, 3.05) is 0 Å². The molecule has 0 saturated heterocycles. The predicted molar refractivity (Wildman–Crippen MR) is 75.4 cm³/mol. The first-order valence-electron chi connectivity index (χ1n) is 6.42. The fourth-order valence-electron chi connectivity index (χ4n) is 1.64. The van der Waals surface area contributed by atoms with E-state index in [0.29, 0.717) is 5.82 Å². The Morgan fingerprint density at radius 3 is 2.05 bits per heavy atom. The molecule has 1 rings (SSSR count). The molecule has 1 aromatic heterocycles. The summed E-state index contributed by atoms with van der Waals surface area (Å²) in [4.78, 5) is 4.17. The zero-order chi connectivity index (χ0) is 17.2. The van der Waals surface area contributed by atoms with Crippen molar-refractivity contribution in [2.24, 2.45) is 5.41 Å². The molecule has 0 saturated carbocycles. The lowest BCUT2D eigenvalue weighted by molar-refractivity contribution is -0.138. The number of rotatable bonds is 4. The lowest BCUT2D eigenvalue weighted by Crippen LogP contribution is -2.27. The highest BCUT2D eigenvalue weighted by Gasteiger charge is 2.38. The van der Waals surface area contributed by atoms with E-state index in [4.69, 9.17) is 0 Å². The summed E-state index contributed by atoms with van der Waals surface area (Å²) in [5, 5.41) is 22.5. The minimum Gasteiger partial charge on any atom is -0.237 e. The van der Waals surface area contributed by atoms with Crippen LogP contribution in [0.3, 0.4) is 0 Å². The number of nitriles is 2. The van der Waals surface area contributed by atoms with E-state index in [2.05, 4.69) is 26.0 Å². The summed E-state index contributed by atoms with van der Waals surface area (Å²) in [5.41, 5.74) is -2.16. The van der Waals surface area contributed by atoms with Gasteiger partial charge in [0.1, 0.15) is 0 Å². The molecule has 0 aliphatic carbocycles. The summed E-state index contributed by atoms with van der Waals surface area (Å²) < 4.78 is 38.7. The molecule has 0 spiro atoms. The maximum atomic E-state index is 12.4. The van der Waals surface area contributed by atoms with Gasteiger partial charge in [-0.1, -0.05) is 20.8 Å². The molecule has 0 bridgehead atoms. The third-order valence-corrected chi connectivity index (χ3v) is 3.57. The second kappa shape index (κ2) is 6.25. The van der Waals surface area contributed by atoms with Gasteiger partial charge in [-0.25, -0.2) is 9.67 Å². The first kappa shape index (κ1) is 18.4. The zero-order valence-electron chi connectivity index (χ0n) is 12.4. The fourth-order valence-corrected chi connectivity index (χ4v) is 2.01. The largest absolute Gasteiger partial charge is 0.389 e. The van der Waals surface area contributed by atoms with Crippen LogP contribution >= 0.6 is 15.9 Å². The molecule has 22 heavy (non-hydrogen) atoms. The van der Waals surface area contributed by atoms with Crippen LogP contribution in [0.2, 0.25) is 0 Å². The van der Waals surface area contributed by atoms with Gasteiger partial charge in [0.25, 0.3) is 0 Å². The number of hydrogen-bond acceptors (Lipinski definition) is 4. The maximum Gasteiger partial charge on any atom is 0.389 e. The van der Waals surface area contributed by atoms with Crippen LogP contribution in [0.5, 0.6) is 0 Å². The second-order valence-corrected chi connectivity index (χ2v) is 6.74. The van der Waals surface area contributed by atoms with Gasteiger partial charge in [-0.2, -0.15) is 28.8 Å². The standard InChI is InChI=1S/C13H15BrF3N5/c1-11(2,3)9-20-10(14)22(21-9)8-12(6-18,7-19)4-5-13(15,16)17/h4-5,8H2,1-3H3. The van der Waals surface area contributed by atoms with Crippen LogP contribution in [-0.4, -0.2) is 20.9 Å². The van der Waals surface area contributed by atoms with Gasteiger partial charge in [-0.15, -0.1) is 0 Å². The smallest absolute Gasteiger partial charge is 0.237 e. The number of aromatic nitrogens is 3. The highest BCUT2D eigenvalue weighted by molar-refractivity contribution is 9.10. The molecule has 120 valence electrons. The maximum absolute atomic E-state index is 12.4. The van der Waals surface area contributed by atoms with Gasteiger partial charge < -0.3 is 0 Å². The molecular formula is C13H15BrF3N5. The SMILES string of the molecule is CC(C)(C)c1nc(Br)n(CC(C#N)(C#N)CCC(F)(F)F)n1. The molecule has 5 nitrogen and oxygen atoms in total. The van der Waals surface area contributed by atoms with Crippen LogP contribution in [0.1, 0.15) is 39.4 Å².